The molecule has 0 aromatic carbocycles. The van der Waals surface area contributed by atoms with Crippen molar-refractivity contribution in [1.82, 2.24) is 24.7 Å². The highest BCUT2D eigenvalue weighted by atomic mass is 15.3. The quantitative estimate of drug-likeness (QED) is 0.803. The van der Waals surface area contributed by atoms with Crippen molar-refractivity contribution in [1.29, 1.82) is 0 Å². The minimum Gasteiger partial charge on any atom is -0.357 e. The van der Waals surface area contributed by atoms with Gasteiger partial charge in [0.1, 0.15) is 0 Å². The molecule has 0 atom stereocenters. The summed E-state index contributed by atoms with van der Waals surface area (Å²) in [6.07, 6.45) is 1.76. The van der Waals surface area contributed by atoms with E-state index in [9.17, 15) is 0 Å². The third kappa shape index (κ3) is 3.09. The number of nitrogens with one attached hydrogen (secondary N) is 2. The molecule has 0 fully saturated rings. The van der Waals surface area contributed by atoms with Crippen molar-refractivity contribution < 1.29 is 0 Å². The second-order valence-corrected chi connectivity index (χ2v) is 4.23. The van der Waals surface area contributed by atoms with Gasteiger partial charge in [-0.05, 0) is 6.07 Å². The molecule has 0 bridgehead atoms. The first-order valence-corrected chi connectivity index (χ1v) is 5.92. The minimum absolute atomic E-state index is 0.532. The van der Waals surface area contributed by atoms with E-state index < -0.39 is 0 Å². The number of nitrogens with zero attached hydrogens (tertiary/aromatic N) is 6. The van der Waals surface area contributed by atoms with Crippen molar-refractivity contribution in [2.45, 2.75) is 6.54 Å². The summed E-state index contributed by atoms with van der Waals surface area (Å²) >= 11 is 0. The molecule has 0 saturated carbocycles. The lowest BCUT2D eigenvalue weighted by Gasteiger charge is -2.13. The van der Waals surface area contributed by atoms with Gasteiger partial charge in [-0.2, -0.15) is 20.1 Å². The van der Waals surface area contributed by atoms with Crippen LogP contribution < -0.4 is 15.5 Å². The van der Waals surface area contributed by atoms with Gasteiger partial charge in [-0.15, -0.1) is 0 Å². The zero-order valence-corrected chi connectivity index (χ0v) is 11.5. The van der Waals surface area contributed by atoms with Crippen LogP contribution in [0, 0.1) is 0 Å². The third-order valence-corrected chi connectivity index (χ3v) is 2.60. The molecular weight excluding hydrogens is 244 g/mol. The van der Waals surface area contributed by atoms with E-state index in [1.807, 2.05) is 32.1 Å². The molecule has 2 rings (SSSR count). The lowest BCUT2D eigenvalue weighted by molar-refractivity contribution is 0.719. The molecule has 0 amide bonds. The highest BCUT2D eigenvalue weighted by Crippen LogP contribution is 2.11. The third-order valence-electron chi connectivity index (χ3n) is 2.60. The predicted octanol–water partition coefficient (Wildman–Crippen LogP) is 0.325. The Hall–Kier alpha value is -2.38. The summed E-state index contributed by atoms with van der Waals surface area (Å²) in [4.78, 5) is 14.7. The van der Waals surface area contributed by atoms with Crippen molar-refractivity contribution in [2.75, 3.05) is 36.7 Å². The molecule has 0 aliphatic carbocycles. The number of aryl methyl sites for hydroxylation is 1. The number of anilines is 3. The first kappa shape index (κ1) is 13.1. The Morgan fingerprint density at radius 2 is 1.95 bits per heavy atom. The molecule has 0 unspecified atom stereocenters. The van der Waals surface area contributed by atoms with E-state index in [0.29, 0.717) is 24.4 Å². The highest BCUT2D eigenvalue weighted by molar-refractivity contribution is 5.42. The van der Waals surface area contributed by atoms with Crippen LogP contribution in [0.1, 0.15) is 5.69 Å². The summed E-state index contributed by atoms with van der Waals surface area (Å²) in [5.41, 5.74) is 1.05. The lowest BCUT2D eigenvalue weighted by Crippen LogP contribution is -2.16. The van der Waals surface area contributed by atoms with Crippen LogP contribution >= 0.6 is 0 Å². The maximum atomic E-state index is 4.33. The number of hydrogen-bond donors (Lipinski definition) is 2. The maximum Gasteiger partial charge on any atom is 0.231 e. The summed E-state index contributed by atoms with van der Waals surface area (Å²) in [5.74, 6) is 1.67. The van der Waals surface area contributed by atoms with E-state index >= 15 is 0 Å². The summed E-state index contributed by atoms with van der Waals surface area (Å²) in [7, 11) is 7.45. The van der Waals surface area contributed by atoms with Gasteiger partial charge in [-0.3, -0.25) is 4.68 Å². The molecule has 0 saturated heterocycles. The molecule has 8 nitrogen and oxygen atoms in total. The smallest absolute Gasteiger partial charge is 0.231 e. The second kappa shape index (κ2) is 5.51. The molecule has 2 aromatic rings. The lowest BCUT2D eigenvalue weighted by atomic mass is 10.4. The van der Waals surface area contributed by atoms with Crippen LogP contribution in [0.15, 0.2) is 12.3 Å². The number of hydrogen-bond acceptors (Lipinski definition) is 7. The van der Waals surface area contributed by atoms with Gasteiger partial charge in [0, 0.05) is 34.4 Å². The molecule has 0 aliphatic rings. The van der Waals surface area contributed by atoms with Crippen LogP contribution in [-0.2, 0) is 13.6 Å². The van der Waals surface area contributed by atoms with E-state index in [-0.39, 0.29) is 0 Å². The first-order valence-electron chi connectivity index (χ1n) is 5.92. The van der Waals surface area contributed by atoms with Crippen LogP contribution in [-0.4, -0.2) is 45.9 Å². The largest absolute Gasteiger partial charge is 0.357 e. The van der Waals surface area contributed by atoms with Crippen molar-refractivity contribution in [3.05, 3.63) is 18.0 Å². The summed E-state index contributed by atoms with van der Waals surface area (Å²) in [6.45, 7) is 0.608. The Morgan fingerprint density at radius 3 is 2.53 bits per heavy atom. The van der Waals surface area contributed by atoms with E-state index in [2.05, 4.69) is 30.7 Å². The Balaban J connectivity index is 2.15. The van der Waals surface area contributed by atoms with E-state index in [0.717, 1.165) is 5.69 Å². The second-order valence-electron chi connectivity index (χ2n) is 4.23. The van der Waals surface area contributed by atoms with E-state index in [1.165, 1.54) is 0 Å². The summed E-state index contributed by atoms with van der Waals surface area (Å²) < 4.78 is 1.81. The SMILES string of the molecule is CNc1nc(NCc2ccnn2C)nc(N(C)C)n1. The monoisotopic (exact) mass is 262 g/mol. The van der Waals surface area contributed by atoms with E-state index in [1.54, 1.807) is 17.9 Å². The molecule has 0 radical (unpaired) electrons. The van der Waals surface area contributed by atoms with Gasteiger partial charge < -0.3 is 15.5 Å². The fourth-order valence-corrected chi connectivity index (χ4v) is 1.50. The topological polar surface area (TPSA) is 83.8 Å². The highest BCUT2D eigenvalue weighted by Gasteiger charge is 2.07. The van der Waals surface area contributed by atoms with Gasteiger partial charge in [0.25, 0.3) is 0 Å². The molecule has 2 heterocycles. The van der Waals surface area contributed by atoms with Gasteiger partial charge in [-0.1, -0.05) is 0 Å². The molecule has 0 aliphatic heterocycles. The van der Waals surface area contributed by atoms with Gasteiger partial charge >= 0.3 is 0 Å². The van der Waals surface area contributed by atoms with Gasteiger partial charge in [0.05, 0.1) is 12.2 Å². The molecule has 102 valence electrons. The zero-order valence-electron chi connectivity index (χ0n) is 11.5. The Morgan fingerprint density at radius 1 is 1.21 bits per heavy atom. The molecule has 2 aromatic heterocycles. The van der Waals surface area contributed by atoms with Crippen LogP contribution in [0.3, 0.4) is 0 Å². The van der Waals surface area contributed by atoms with Gasteiger partial charge in [-0.25, -0.2) is 0 Å². The molecule has 19 heavy (non-hydrogen) atoms. The summed E-state index contributed by atoms with van der Waals surface area (Å²) in [6, 6.07) is 1.94. The average molecular weight is 262 g/mol. The van der Waals surface area contributed by atoms with Crippen LogP contribution in [0.5, 0.6) is 0 Å². The molecule has 0 spiro atoms. The van der Waals surface area contributed by atoms with E-state index in [4.69, 9.17) is 0 Å². The minimum atomic E-state index is 0.532. The first-order chi connectivity index (χ1) is 9.10. The maximum absolute atomic E-state index is 4.33. The van der Waals surface area contributed by atoms with Crippen molar-refractivity contribution in [3.63, 3.8) is 0 Å². The number of rotatable bonds is 5. The van der Waals surface area contributed by atoms with Crippen molar-refractivity contribution >= 4 is 17.8 Å². The van der Waals surface area contributed by atoms with Crippen LogP contribution in [0.4, 0.5) is 17.8 Å². The average Bonchev–Trinajstić information content (AvgIpc) is 2.81. The molecular formula is C11H18N8. The Labute approximate surface area is 111 Å². The van der Waals surface area contributed by atoms with Gasteiger partial charge in [0.2, 0.25) is 17.8 Å². The standard InChI is InChI=1S/C11H18N8/c1-12-9-15-10(17-11(16-9)18(2)3)13-7-8-5-6-14-19(8)4/h5-6H,7H2,1-4H3,(H2,12,13,15,16,17). The van der Waals surface area contributed by atoms with Gasteiger partial charge in [0.15, 0.2) is 0 Å². The Kier molecular flexibility index (Phi) is 3.79. The fourth-order valence-electron chi connectivity index (χ4n) is 1.50. The predicted molar refractivity (Wildman–Crippen MR) is 74.2 cm³/mol. The molecule has 2 N–H and O–H groups in total. The normalized spacial score (nSPS) is 10.3. The zero-order chi connectivity index (χ0) is 13.8. The summed E-state index contributed by atoms with van der Waals surface area (Å²) in [5, 5.41) is 10.2. The van der Waals surface area contributed by atoms with Crippen molar-refractivity contribution in [2.24, 2.45) is 7.05 Å². The van der Waals surface area contributed by atoms with Crippen molar-refractivity contribution in [3.8, 4) is 0 Å². The Bertz CT molecular complexity index is 547. The molecule has 8 heteroatoms. The van der Waals surface area contributed by atoms with Crippen LogP contribution in [0.2, 0.25) is 0 Å². The fraction of sp³-hybridized carbons (Fsp3) is 0.455. The number of aromatic nitrogens is 5. The van der Waals surface area contributed by atoms with Crippen LogP contribution in [0.25, 0.3) is 0 Å².